The second-order valence-electron chi connectivity index (χ2n) is 2.32. The lowest BCUT2D eigenvalue weighted by Gasteiger charge is -2.09. The molecule has 1 aliphatic rings. The minimum Gasteiger partial charge on any atom is -0.478 e. The molecule has 2 nitrogen and oxygen atoms in total. The summed E-state index contributed by atoms with van der Waals surface area (Å²) >= 11 is 5.77. The molecule has 0 radical (unpaired) electrons. The summed E-state index contributed by atoms with van der Waals surface area (Å²) in [6.07, 6.45) is 1.45. The topological polar surface area (TPSA) is 21.6 Å². The van der Waals surface area contributed by atoms with Gasteiger partial charge in [0, 0.05) is 10.6 Å². The Kier molecular flexibility index (Phi) is 1.55. The van der Waals surface area contributed by atoms with E-state index < -0.39 is 0 Å². The molecule has 0 amide bonds. The van der Waals surface area contributed by atoms with Crippen LogP contribution < -0.4 is 0 Å². The lowest BCUT2D eigenvalue weighted by atomic mass is 10.2. The Labute approximate surface area is 69.5 Å². The summed E-state index contributed by atoms with van der Waals surface area (Å²) in [6, 6.07) is 5.58. The van der Waals surface area contributed by atoms with E-state index in [1.807, 2.05) is 18.2 Å². The zero-order valence-corrected chi connectivity index (χ0v) is 6.51. The van der Waals surface area contributed by atoms with Crippen LogP contribution in [0.1, 0.15) is 5.56 Å². The zero-order valence-electron chi connectivity index (χ0n) is 5.75. The molecule has 0 N–H and O–H groups in total. The summed E-state index contributed by atoms with van der Waals surface area (Å²) < 4.78 is 5.00. The summed E-state index contributed by atoms with van der Waals surface area (Å²) in [7, 11) is 0. The molecule has 56 valence electrons. The second kappa shape index (κ2) is 2.55. The minimum absolute atomic E-state index is 0.569. The van der Waals surface area contributed by atoms with Gasteiger partial charge in [0.1, 0.15) is 6.61 Å². The van der Waals surface area contributed by atoms with Crippen molar-refractivity contribution in [3.05, 3.63) is 28.8 Å². The van der Waals surface area contributed by atoms with Crippen LogP contribution in [0.3, 0.4) is 0 Å². The fraction of sp³-hybridized carbons (Fsp3) is 0.125. The van der Waals surface area contributed by atoms with Crippen LogP contribution in [0.15, 0.2) is 23.2 Å². The first-order valence-corrected chi connectivity index (χ1v) is 3.66. The maximum Gasteiger partial charge on any atom is 0.175 e. The lowest BCUT2D eigenvalue weighted by molar-refractivity contribution is 0.303. The third kappa shape index (κ3) is 1.21. The van der Waals surface area contributed by atoms with Gasteiger partial charge in [-0.1, -0.05) is 11.6 Å². The molecule has 1 aliphatic heterocycles. The lowest BCUT2D eigenvalue weighted by Crippen LogP contribution is -1.96. The molecular weight excluding hydrogens is 162 g/mol. The number of hydrogen-bond donors (Lipinski definition) is 0. The molecule has 1 aromatic carbocycles. The first kappa shape index (κ1) is 6.68. The Bertz CT molecular complexity index is 309. The van der Waals surface area contributed by atoms with Crippen molar-refractivity contribution in [1.82, 2.24) is 0 Å². The molecule has 0 unspecified atom stereocenters. The molecule has 0 atom stereocenters. The normalized spacial score (nSPS) is 13.9. The van der Waals surface area contributed by atoms with Gasteiger partial charge in [-0.15, -0.1) is 0 Å². The van der Waals surface area contributed by atoms with Crippen molar-refractivity contribution in [2.45, 2.75) is 6.61 Å². The largest absolute Gasteiger partial charge is 0.478 e. The van der Waals surface area contributed by atoms with Crippen LogP contribution in [0.5, 0.6) is 0 Å². The monoisotopic (exact) mass is 167 g/mol. The number of hydrogen-bond acceptors (Lipinski definition) is 2. The predicted molar refractivity (Wildman–Crippen MR) is 44.4 cm³/mol. The molecule has 0 aliphatic carbocycles. The van der Waals surface area contributed by atoms with Gasteiger partial charge in [0.05, 0.1) is 5.69 Å². The van der Waals surface area contributed by atoms with E-state index in [4.69, 9.17) is 16.3 Å². The van der Waals surface area contributed by atoms with Gasteiger partial charge in [0.25, 0.3) is 0 Å². The molecule has 2 rings (SSSR count). The highest BCUT2D eigenvalue weighted by atomic mass is 35.5. The number of halogens is 1. The van der Waals surface area contributed by atoms with E-state index in [0.717, 1.165) is 16.3 Å². The fourth-order valence-corrected chi connectivity index (χ4v) is 1.21. The maximum atomic E-state index is 5.77. The number of aliphatic imine (C=N–C) groups is 1. The molecular formula is C8H6ClNO. The summed E-state index contributed by atoms with van der Waals surface area (Å²) in [5, 5.41) is 0.726. The van der Waals surface area contributed by atoms with E-state index >= 15 is 0 Å². The van der Waals surface area contributed by atoms with E-state index in [1.54, 1.807) is 0 Å². The van der Waals surface area contributed by atoms with Crippen molar-refractivity contribution in [2.75, 3.05) is 0 Å². The molecule has 0 bridgehead atoms. The summed E-state index contributed by atoms with van der Waals surface area (Å²) in [5.74, 6) is 0. The smallest absolute Gasteiger partial charge is 0.175 e. The summed E-state index contributed by atoms with van der Waals surface area (Å²) in [4.78, 5) is 4.03. The van der Waals surface area contributed by atoms with Gasteiger partial charge < -0.3 is 4.74 Å². The highest BCUT2D eigenvalue weighted by Crippen LogP contribution is 2.25. The summed E-state index contributed by atoms with van der Waals surface area (Å²) in [5.41, 5.74) is 1.99. The molecule has 0 fully saturated rings. The average molecular weight is 168 g/mol. The molecule has 1 aromatic rings. The van der Waals surface area contributed by atoms with Crippen molar-refractivity contribution in [3.8, 4) is 0 Å². The molecule has 11 heavy (non-hydrogen) atoms. The van der Waals surface area contributed by atoms with Crippen LogP contribution in [-0.4, -0.2) is 6.40 Å². The molecule has 0 spiro atoms. The highest BCUT2D eigenvalue weighted by molar-refractivity contribution is 6.30. The summed E-state index contributed by atoms with van der Waals surface area (Å²) in [6.45, 7) is 0.569. The van der Waals surface area contributed by atoms with Gasteiger partial charge in [0.2, 0.25) is 0 Å². The molecule has 0 aromatic heterocycles. The Hall–Kier alpha value is -1.02. The van der Waals surface area contributed by atoms with Gasteiger partial charge in [0.15, 0.2) is 6.40 Å². The predicted octanol–water partition coefficient (Wildman–Crippen LogP) is 2.53. The first-order chi connectivity index (χ1) is 5.36. The van der Waals surface area contributed by atoms with Gasteiger partial charge >= 0.3 is 0 Å². The number of benzene rings is 1. The van der Waals surface area contributed by atoms with Crippen LogP contribution in [0.2, 0.25) is 5.02 Å². The van der Waals surface area contributed by atoms with Gasteiger partial charge in [-0.3, -0.25) is 0 Å². The quantitative estimate of drug-likeness (QED) is 0.582. The van der Waals surface area contributed by atoms with Gasteiger partial charge in [-0.2, -0.15) is 0 Å². The van der Waals surface area contributed by atoms with Crippen molar-refractivity contribution < 1.29 is 4.74 Å². The number of fused-ring (bicyclic) bond motifs is 1. The van der Waals surface area contributed by atoms with Crippen LogP contribution >= 0.6 is 11.6 Å². The van der Waals surface area contributed by atoms with Crippen molar-refractivity contribution in [2.24, 2.45) is 4.99 Å². The molecule has 0 saturated carbocycles. The Morgan fingerprint density at radius 2 is 2.36 bits per heavy atom. The van der Waals surface area contributed by atoms with E-state index in [-0.39, 0.29) is 0 Å². The van der Waals surface area contributed by atoms with Crippen molar-refractivity contribution in [1.29, 1.82) is 0 Å². The number of rotatable bonds is 0. The molecule has 3 heteroatoms. The Morgan fingerprint density at radius 3 is 3.27 bits per heavy atom. The zero-order chi connectivity index (χ0) is 7.68. The maximum absolute atomic E-state index is 5.77. The standard InChI is InChI=1S/C8H6ClNO/c9-7-1-2-8-6(3-7)4-11-5-10-8/h1-3,5H,4H2. The molecule has 1 heterocycles. The third-order valence-corrected chi connectivity index (χ3v) is 1.78. The van der Waals surface area contributed by atoms with Crippen molar-refractivity contribution in [3.63, 3.8) is 0 Å². The van der Waals surface area contributed by atoms with Gasteiger partial charge in [-0.25, -0.2) is 4.99 Å². The minimum atomic E-state index is 0.569. The third-order valence-electron chi connectivity index (χ3n) is 1.55. The SMILES string of the molecule is Clc1ccc2c(c1)COC=N2. The first-order valence-electron chi connectivity index (χ1n) is 3.29. The highest BCUT2D eigenvalue weighted by Gasteiger charge is 2.05. The number of nitrogens with zero attached hydrogens (tertiary/aromatic N) is 1. The number of ether oxygens (including phenoxy) is 1. The molecule has 0 saturated heterocycles. The van der Waals surface area contributed by atoms with Crippen LogP contribution in [0, 0.1) is 0 Å². The van der Waals surface area contributed by atoms with E-state index in [9.17, 15) is 0 Å². The van der Waals surface area contributed by atoms with Crippen LogP contribution in [0.25, 0.3) is 0 Å². The van der Waals surface area contributed by atoms with E-state index in [0.29, 0.717) is 6.61 Å². The fourth-order valence-electron chi connectivity index (χ4n) is 1.02. The van der Waals surface area contributed by atoms with E-state index in [2.05, 4.69) is 4.99 Å². The average Bonchev–Trinajstić information content (AvgIpc) is 2.04. The van der Waals surface area contributed by atoms with Crippen LogP contribution in [-0.2, 0) is 11.3 Å². The van der Waals surface area contributed by atoms with Crippen LogP contribution in [0.4, 0.5) is 5.69 Å². The van der Waals surface area contributed by atoms with E-state index in [1.165, 1.54) is 6.40 Å². The Balaban J connectivity index is 2.53. The van der Waals surface area contributed by atoms with Crippen molar-refractivity contribution >= 4 is 23.7 Å². The van der Waals surface area contributed by atoms with Gasteiger partial charge in [-0.05, 0) is 18.2 Å². The Morgan fingerprint density at radius 1 is 1.45 bits per heavy atom. The second-order valence-corrected chi connectivity index (χ2v) is 2.75.